The molecule has 7 heteroatoms. The lowest BCUT2D eigenvalue weighted by molar-refractivity contribution is -0.114. The van der Waals surface area contributed by atoms with Gasteiger partial charge in [-0.3, -0.25) is 14.0 Å². The van der Waals surface area contributed by atoms with E-state index < -0.39 is 0 Å². The van der Waals surface area contributed by atoms with E-state index >= 15 is 0 Å². The van der Waals surface area contributed by atoms with E-state index in [2.05, 4.69) is 15.6 Å². The van der Waals surface area contributed by atoms with Gasteiger partial charge in [-0.05, 0) is 25.1 Å². The van der Waals surface area contributed by atoms with Crippen LogP contribution in [0, 0.1) is 6.92 Å². The molecule has 0 spiro atoms. The highest BCUT2D eigenvalue weighted by Gasteiger charge is 2.15. The number of carbonyl (C=O) groups excluding carboxylic acids is 2. The molecule has 2 aromatic heterocycles. The fourth-order valence-corrected chi connectivity index (χ4v) is 3.74. The summed E-state index contributed by atoms with van der Waals surface area (Å²) in [5, 5.41) is 7.37. The summed E-state index contributed by atoms with van der Waals surface area (Å²) >= 11 is 1.42. The van der Waals surface area contributed by atoms with Crippen LogP contribution in [0.2, 0.25) is 0 Å². The highest BCUT2D eigenvalue weighted by Crippen LogP contribution is 2.25. The van der Waals surface area contributed by atoms with Crippen molar-refractivity contribution in [2.75, 3.05) is 10.6 Å². The van der Waals surface area contributed by atoms with Crippen LogP contribution in [0.5, 0.6) is 0 Å². The Morgan fingerprint density at radius 2 is 1.75 bits per heavy atom. The zero-order valence-electron chi connectivity index (χ0n) is 15.4. The number of nitrogens with zero attached hydrogens (tertiary/aromatic N) is 2. The van der Waals surface area contributed by atoms with Crippen molar-refractivity contribution >= 4 is 39.5 Å². The van der Waals surface area contributed by atoms with Crippen molar-refractivity contribution in [2.45, 2.75) is 13.8 Å². The van der Waals surface area contributed by atoms with Gasteiger partial charge >= 0.3 is 0 Å². The van der Waals surface area contributed by atoms with E-state index in [9.17, 15) is 9.59 Å². The monoisotopic (exact) mass is 390 g/mol. The number of carbonyl (C=O) groups is 2. The molecule has 4 aromatic rings. The summed E-state index contributed by atoms with van der Waals surface area (Å²) in [7, 11) is 0. The molecular weight excluding hydrogens is 372 g/mol. The third-order valence-electron chi connectivity index (χ3n) is 4.23. The van der Waals surface area contributed by atoms with Crippen molar-refractivity contribution in [3.8, 4) is 11.3 Å². The Bertz CT molecular complexity index is 1170. The van der Waals surface area contributed by atoms with E-state index in [0.717, 1.165) is 16.2 Å². The Labute approximate surface area is 165 Å². The Hall–Kier alpha value is -3.45. The minimum absolute atomic E-state index is 0.162. The molecule has 0 aliphatic heterocycles. The number of fused-ring (bicyclic) bond motifs is 1. The van der Waals surface area contributed by atoms with Gasteiger partial charge < -0.3 is 10.6 Å². The lowest BCUT2D eigenvalue weighted by Gasteiger charge is -2.07. The normalized spacial score (nSPS) is 10.8. The summed E-state index contributed by atoms with van der Waals surface area (Å²) in [6.45, 7) is 3.48. The molecule has 2 N–H and O–H groups in total. The molecule has 0 fully saturated rings. The van der Waals surface area contributed by atoms with E-state index in [1.807, 2.05) is 37.4 Å². The van der Waals surface area contributed by atoms with Crippen molar-refractivity contribution in [2.24, 2.45) is 0 Å². The second-order valence-corrected chi connectivity index (χ2v) is 7.32. The first-order valence-corrected chi connectivity index (χ1v) is 9.60. The number of imidazole rings is 1. The van der Waals surface area contributed by atoms with Crippen LogP contribution in [-0.4, -0.2) is 21.2 Å². The van der Waals surface area contributed by atoms with E-state index in [1.165, 1.54) is 23.8 Å². The number of benzene rings is 2. The minimum atomic E-state index is -0.237. The number of anilines is 2. The number of thiazole rings is 1. The van der Waals surface area contributed by atoms with Gasteiger partial charge in [0, 0.05) is 35.4 Å². The Morgan fingerprint density at radius 3 is 2.46 bits per heavy atom. The average molecular weight is 390 g/mol. The van der Waals surface area contributed by atoms with Crippen LogP contribution in [0.3, 0.4) is 0 Å². The van der Waals surface area contributed by atoms with Gasteiger partial charge in [0.1, 0.15) is 5.69 Å². The van der Waals surface area contributed by atoms with Crippen LogP contribution in [0.4, 0.5) is 11.4 Å². The zero-order chi connectivity index (χ0) is 19.7. The van der Waals surface area contributed by atoms with Gasteiger partial charge in [0.15, 0.2) is 4.96 Å². The molecule has 0 radical (unpaired) electrons. The third-order valence-corrected chi connectivity index (χ3v) is 5.07. The fourth-order valence-electron chi connectivity index (χ4n) is 2.88. The molecule has 6 nitrogen and oxygen atoms in total. The van der Waals surface area contributed by atoms with Crippen molar-refractivity contribution in [3.63, 3.8) is 0 Å². The SMILES string of the molecule is CC(=O)Nc1cccc(NC(=O)c2csc3nc(-c4ccc(C)cc4)cn23)c1. The molecular formula is C21H18N4O2S. The molecule has 4 rings (SSSR count). The van der Waals surface area contributed by atoms with Crippen LogP contribution in [0.25, 0.3) is 16.2 Å². The van der Waals surface area contributed by atoms with E-state index in [1.54, 1.807) is 34.0 Å². The first kappa shape index (κ1) is 17.9. The zero-order valence-corrected chi connectivity index (χ0v) is 16.2. The summed E-state index contributed by atoms with van der Waals surface area (Å²) in [6, 6.07) is 15.2. The van der Waals surface area contributed by atoms with E-state index in [-0.39, 0.29) is 11.8 Å². The summed E-state index contributed by atoms with van der Waals surface area (Å²) in [4.78, 5) is 29.4. The van der Waals surface area contributed by atoms with Crippen molar-refractivity contribution in [1.82, 2.24) is 9.38 Å². The predicted octanol–water partition coefficient (Wildman–Crippen LogP) is 4.58. The van der Waals surface area contributed by atoms with Crippen LogP contribution in [-0.2, 0) is 4.79 Å². The average Bonchev–Trinajstić information content (AvgIpc) is 3.22. The largest absolute Gasteiger partial charge is 0.326 e. The van der Waals surface area contributed by atoms with Crippen LogP contribution in [0.15, 0.2) is 60.1 Å². The maximum absolute atomic E-state index is 12.8. The van der Waals surface area contributed by atoms with Crippen molar-refractivity contribution in [3.05, 3.63) is 71.4 Å². The molecule has 2 heterocycles. The van der Waals surface area contributed by atoms with Gasteiger partial charge in [0.05, 0.1) is 5.69 Å². The predicted molar refractivity (Wildman–Crippen MR) is 112 cm³/mol. The molecule has 0 unspecified atom stereocenters. The Kier molecular flexibility index (Phi) is 4.67. The highest BCUT2D eigenvalue weighted by molar-refractivity contribution is 7.15. The summed E-state index contributed by atoms with van der Waals surface area (Å²) in [5.41, 5.74) is 4.77. The number of nitrogens with one attached hydrogen (secondary N) is 2. The Balaban J connectivity index is 1.59. The van der Waals surface area contributed by atoms with Crippen LogP contribution in [0.1, 0.15) is 23.0 Å². The summed E-state index contributed by atoms with van der Waals surface area (Å²) in [6.07, 6.45) is 1.87. The molecule has 0 saturated heterocycles. The van der Waals surface area contributed by atoms with Gasteiger partial charge in [-0.2, -0.15) is 0 Å². The molecule has 28 heavy (non-hydrogen) atoms. The number of aryl methyl sites for hydroxylation is 1. The number of hydrogen-bond acceptors (Lipinski definition) is 4. The molecule has 2 aromatic carbocycles. The van der Waals surface area contributed by atoms with Gasteiger partial charge in [-0.1, -0.05) is 35.9 Å². The summed E-state index contributed by atoms with van der Waals surface area (Å²) in [5.74, 6) is -0.399. The highest BCUT2D eigenvalue weighted by atomic mass is 32.1. The number of aromatic nitrogens is 2. The molecule has 0 aliphatic carbocycles. The van der Waals surface area contributed by atoms with Crippen molar-refractivity contribution in [1.29, 1.82) is 0 Å². The summed E-state index contributed by atoms with van der Waals surface area (Å²) < 4.78 is 1.80. The number of rotatable bonds is 4. The lowest BCUT2D eigenvalue weighted by Crippen LogP contribution is -2.14. The second-order valence-electron chi connectivity index (χ2n) is 6.48. The first-order valence-electron chi connectivity index (χ1n) is 8.72. The molecule has 0 atom stereocenters. The quantitative estimate of drug-likeness (QED) is 0.535. The minimum Gasteiger partial charge on any atom is -0.326 e. The number of hydrogen-bond donors (Lipinski definition) is 2. The Morgan fingerprint density at radius 1 is 1.04 bits per heavy atom. The topological polar surface area (TPSA) is 75.5 Å². The smallest absolute Gasteiger partial charge is 0.273 e. The maximum Gasteiger partial charge on any atom is 0.273 e. The molecule has 140 valence electrons. The van der Waals surface area contributed by atoms with Gasteiger partial charge in [0.25, 0.3) is 5.91 Å². The molecule has 0 saturated carbocycles. The van der Waals surface area contributed by atoms with Crippen LogP contribution < -0.4 is 10.6 Å². The molecule has 2 amide bonds. The van der Waals surface area contributed by atoms with Gasteiger partial charge in [-0.25, -0.2) is 4.98 Å². The first-order chi connectivity index (χ1) is 13.5. The van der Waals surface area contributed by atoms with Crippen molar-refractivity contribution < 1.29 is 9.59 Å². The van der Waals surface area contributed by atoms with E-state index in [4.69, 9.17) is 0 Å². The second kappa shape index (κ2) is 7.28. The van der Waals surface area contributed by atoms with Crippen LogP contribution >= 0.6 is 11.3 Å². The molecule has 0 aliphatic rings. The number of amides is 2. The third kappa shape index (κ3) is 3.65. The maximum atomic E-state index is 12.8. The van der Waals surface area contributed by atoms with Gasteiger partial charge in [0.2, 0.25) is 5.91 Å². The molecule has 0 bridgehead atoms. The standard InChI is InChI=1S/C21H18N4O2S/c1-13-6-8-15(9-7-13)18-11-25-19(12-28-21(25)24-18)20(27)23-17-5-3-4-16(10-17)22-14(2)26/h3-12H,1-2H3,(H,22,26)(H,23,27). The lowest BCUT2D eigenvalue weighted by atomic mass is 10.1. The fraction of sp³-hybridized carbons (Fsp3) is 0.0952. The van der Waals surface area contributed by atoms with Gasteiger partial charge in [-0.15, -0.1) is 11.3 Å². The van der Waals surface area contributed by atoms with E-state index in [0.29, 0.717) is 17.1 Å².